The molecule has 0 spiro atoms. The molecule has 2 aromatic carbocycles. The number of nitrogens with zero attached hydrogens (tertiary/aromatic N) is 1. The molecular weight excluding hydrogens is 346 g/mol. The summed E-state index contributed by atoms with van der Waals surface area (Å²) in [4.78, 5) is 14.8. The zero-order chi connectivity index (χ0) is 19.9. The van der Waals surface area contributed by atoms with E-state index in [0.29, 0.717) is 6.42 Å². The fourth-order valence-corrected chi connectivity index (χ4v) is 4.01. The molecule has 0 bridgehead atoms. The van der Waals surface area contributed by atoms with Crippen LogP contribution in [0.3, 0.4) is 0 Å². The second kappa shape index (κ2) is 9.88. The summed E-state index contributed by atoms with van der Waals surface area (Å²) in [5.74, 6) is 1.17. The van der Waals surface area contributed by atoms with Crippen LogP contribution in [-0.4, -0.2) is 36.9 Å². The van der Waals surface area contributed by atoms with Crippen LogP contribution >= 0.6 is 0 Å². The maximum Gasteiger partial charge on any atom is 0.162 e. The monoisotopic (exact) mass is 379 g/mol. The minimum Gasteiger partial charge on any atom is -0.493 e. The lowest BCUT2D eigenvalue weighted by Gasteiger charge is -2.17. The van der Waals surface area contributed by atoms with Gasteiger partial charge in [0.2, 0.25) is 0 Å². The van der Waals surface area contributed by atoms with Crippen LogP contribution in [-0.2, 0) is 0 Å². The molecule has 150 valence electrons. The first-order valence-corrected chi connectivity index (χ1v) is 10.7. The summed E-state index contributed by atoms with van der Waals surface area (Å²) >= 11 is 0. The Morgan fingerprint density at radius 2 is 1.86 bits per heavy atom. The molecule has 0 N–H and O–H groups in total. The van der Waals surface area contributed by atoms with Crippen LogP contribution in [0.1, 0.15) is 60.5 Å². The van der Waals surface area contributed by atoms with Crippen molar-refractivity contribution in [3.05, 3.63) is 53.1 Å². The van der Waals surface area contributed by atoms with Crippen LogP contribution in [0.2, 0.25) is 0 Å². The van der Waals surface area contributed by atoms with Gasteiger partial charge in [0.1, 0.15) is 5.75 Å². The van der Waals surface area contributed by atoms with E-state index in [1.54, 1.807) is 0 Å². The number of ketones is 1. The van der Waals surface area contributed by atoms with Crippen molar-refractivity contribution in [2.45, 2.75) is 52.9 Å². The van der Waals surface area contributed by atoms with Gasteiger partial charge in [-0.1, -0.05) is 31.2 Å². The van der Waals surface area contributed by atoms with Gasteiger partial charge in [-0.15, -0.1) is 0 Å². The van der Waals surface area contributed by atoms with Crippen LogP contribution in [0.15, 0.2) is 36.4 Å². The number of rotatable bonds is 9. The fraction of sp³-hybridized carbons (Fsp3) is 0.480. The number of Topliss-reactive ketones (excluding diaryl/α,β-unsaturated/α-hetero) is 1. The summed E-state index contributed by atoms with van der Waals surface area (Å²) < 4.78 is 6.14. The second-order valence-corrected chi connectivity index (χ2v) is 7.94. The Kier molecular flexibility index (Phi) is 7.27. The molecule has 3 rings (SSSR count). The Morgan fingerprint density at radius 3 is 2.61 bits per heavy atom. The first-order chi connectivity index (χ1) is 13.6. The number of ether oxygens (including phenoxy) is 1. The number of carbonyl (C=O) groups excluding carboxylic acids is 1. The summed E-state index contributed by atoms with van der Waals surface area (Å²) in [6, 6.07) is 12.3. The van der Waals surface area contributed by atoms with E-state index in [0.717, 1.165) is 48.4 Å². The lowest BCUT2D eigenvalue weighted by molar-refractivity contribution is 0.0982. The predicted octanol–water partition coefficient (Wildman–Crippen LogP) is 5.82. The number of hydrogen-bond acceptors (Lipinski definition) is 3. The topological polar surface area (TPSA) is 29.5 Å². The van der Waals surface area contributed by atoms with Crippen molar-refractivity contribution < 1.29 is 9.53 Å². The molecule has 0 aromatic heterocycles. The molecule has 1 aliphatic rings. The molecular formula is C25H33NO2. The fourth-order valence-electron chi connectivity index (χ4n) is 4.01. The molecule has 0 unspecified atom stereocenters. The average molecular weight is 380 g/mol. The molecule has 1 heterocycles. The maximum absolute atomic E-state index is 12.3. The van der Waals surface area contributed by atoms with E-state index >= 15 is 0 Å². The van der Waals surface area contributed by atoms with Gasteiger partial charge in [0.05, 0.1) is 6.61 Å². The van der Waals surface area contributed by atoms with Gasteiger partial charge in [-0.2, -0.15) is 0 Å². The normalized spacial score (nSPS) is 14.4. The van der Waals surface area contributed by atoms with Gasteiger partial charge in [0, 0.05) is 18.5 Å². The molecule has 0 aliphatic carbocycles. The third kappa shape index (κ3) is 5.23. The van der Waals surface area contributed by atoms with Crippen LogP contribution in [0.25, 0.3) is 11.1 Å². The van der Waals surface area contributed by atoms with Crippen molar-refractivity contribution in [2.24, 2.45) is 0 Å². The van der Waals surface area contributed by atoms with Crippen LogP contribution < -0.4 is 4.74 Å². The van der Waals surface area contributed by atoms with E-state index in [4.69, 9.17) is 4.74 Å². The lowest BCUT2D eigenvalue weighted by Crippen LogP contribution is -2.22. The van der Waals surface area contributed by atoms with Gasteiger partial charge in [0.25, 0.3) is 0 Å². The molecule has 1 aliphatic heterocycles. The summed E-state index contributed by atoms with van der Waals surface area (Å²) in [6.07, 6.45) is 5.20. The number of benzene rings is 2. The van der Waals surface area contributed by atoms with E-state index in [9.17, 15) is 4.79 Å². The molecule has 2 aromatic rings. The van der Waals surface area contributed by atoms with E-state index in [1.165, 1.54) is 37.1 Å². The highest BCUT2D eigenvalue weighted by Gasteiger charge is 2.12. The molecule has 0 saturated carbocycles. The number of hydrogen-bond donors (Lipinski definition) is 0. The minimum absolute atomic E-state index is 0.215. The first-order valence-electron chi connectivity index (χ1n) is 10.7. The van der Waals surface area contributed by atoms with Crippen LogP contribution in [0, 0.1) is 13.8 Å². The highest BCUT2D eigenvalue weighted by molar-refractivity contribution is 5.97. The Morgan fingerprint density at radius 1 is 1.07 bits per heavy atom. The van der Waals surface area contributed by atoms with E-state index < -0.39 is 0 Å². The van der Waals surface area contributed by atoms with Gasteiger partial charge in [-0.3, -0.25) is 4.79 Å². The third-order valence-electron chi connectivity index (χ3n) is 5.57. The first kappa shape index (κ1) is 20.6. The Labute approximate surface area is 169 Å². The van der Waals surface area contributed by atoms with E-state index in [-0.39, 0.29) is 5.78 Å². The zero-order valence-electron chi connectivity index (χ0n) is 17.6. The van der Waals surface area contributed by atoms with Gasteiger partial charge in [0.15, 0.2) is 5.78 Å². The van der Waals surface area contributed by atoms with Crippen LogP contribution in [0.5, 0.6) is 5.75 Å². The van der Waals surface area contributed by atoms with E-state index in [1.807, 2.05) is 25.1 Å². The van der Waals surface area contributed by atoms with Crippen molar-refractivity contribution in [1.82, 2.24) is 4.90 Å². The van der Waals surface area contributed by atoms with Gasteiger partial charge in [-0.05, 0) is 87.0 Å². The maximum atomic E-state index is 12.3. The summed E-state index contributed by atoms with van der Waals surface area (Å²) in [6.45, 7) is 10.6. The van der Waals surface area contributed by atoms with Crippen molar-refractivity contribution >= 4 is 5.78 Å². The molecule has 0 atom stereocenters. The van der Waals surface area contributed by atoms with Crippen molar-refractivity contribution in [3.8, 4) is 16.9 Å². The third-order valence-corrected chi connectivity index (χ3v) is 5.57. The van der Waals surface area contributed by atoms with Crippen LogP contribution in [0.4, 0.5) is 0 Å². The molecule has 0 radical (unpaired) electrons. The van der Waals surface area contributed by atoms with Crippen molar-refractivity contribution in [3.63, 3.8) is 0 Å². The van der Waals surface area contributed by atoms with Gasteiger partial charge < -0.3 is 9.64 Å². The second-order valence-electron chi connectivity index (χ2n) is 7.94. The molecule has 3 heteroatoms. The van der Waals surface area contributed by atoms with E-state index in [2.05, 4.69) is 36.9 Å². The number of carbonyl (C=O) groups is 1. The minimum atomic E-state index is 0.215. The summed E-state index contributed by atoms with van der Waals surface area (Å²) in [7, 11) is 0. The standard InChI is InChI=1S/C25H33NO2/c1-4-9-24(27)22-11-7-10-21(17-22)23-18-25(20(3)16-19(23)2)28-15-8-14-26-12-5-6-13-26/h7,10-11,16-18H,4-6,8-9,12-15H2,1-3H3. The Hall–Kier alpha value is -2.13. The Balaban J connectivity index is 1.72. The highest BCUT2D eigenvalue weighted by atomic mass is 16.5. The average Bonchev–Trinajstić information content (AvgIpc) is 3.20. The van der Waals surface area contributed by atoms with Gasteiger partial charge in [-0.25, -0.2) is 0 Å². The summed E-state index contributed by atoms with van der Waals surface area (Å²) in [5, 5.41) is 0. The largest absolute Gasteiger partial charge is 0.493 e. The molecule has 1 fully saturated rings. The lowest BCUT2D eigenvalue weighted by atomic mass is 9.95. The van der Waals surface area contributed by atoms with Crippen molar-refractivity contribution in [1.29, 1.82) is 0 Å². The number of aryl methyl sites for hydroxylation is 2. The summed E-state index contributed by atoms with van der Waals surface area (Å²) in [5.41, 5.74) is 5.41. The molecule has 1 saturated heterocycles. The number of likely N-dealkylation sites (tertiary alicyclic amines) is 1. The van der Waals surface area contributed by atoms with Gasteiger partial charge >= 0.3 is 0 Å². The zero-order valence-corrected chi connectivity index (χ0v) is 17.6. The highest BCUT2D eigenvalue weighted by Crippen LogP contribution is 2.31. The van der Waals surface area contributed by atoms with Crippen molar-refractivity contribution in [2.75, 3.05) is 26.2 Å². The molecule has 0 amide bonds. The molecule has 3 nitrogen and oxygen atoms in total. The quantitative estimate of drug-likeness (QED) is 0.406. The SMILES string of the molecule is CCCC(=O)c1cccc(-c2cc(OCCCN3CCCC3)c(C)cc2C)c1. The predicted molar refractivity (Wildman–Crippen MR) is 116 cm³/mol. The Bertz CT molecular complexity index is 806. The smallest absolute Gasteiger partial charge is 0.162 e. The molecule has 28 heavy (non-hydrogen) atoms.